The van der Waals surface area contributed by atoms with Crippen LogP contribution in [0.25, 0.3) is 0 Å². The first-order valence-electron chi connectivity index (χ1n) is 13.1. The zero-order valence-electron chi connectivity index (χ0n) is 20.5. The van der Waals surface area contributed by atoms with E-state index < -0.39 is 0 Å². The fourth-order valence-electron chi connectivity index (χ4n) is 6.17. The monoisotopic (exact) mass is 462 g/mol. The maximum atomic E-state index is 12.0. The van der Waals surface area contributed by atoms with Crippen molar-refractivity contribution in [1.82, 2.24) is 14.8 Å². The summed E-state index contributed by atoms with van der Waals surface area (Å²) in [6, 6.07) is 15.2. The van der Waals surface area contributed by atoms with Crippen LogP contribution in [0.3, 0.4) is 0 Å². The molecule has 6 nitrogen and oxygen atoms in total. The van der Waals surface area contributed by atoms with Crippen molar-refractivity contribution in [2.75, 3.05) is 50.8 Å². The molecule has 3 aliphatic rings. The average Bonchev–Trinajstić information content (AvgIpc) is 2.89. The molecule has 0 saturated carbocycles. The van der Waals surface area contributed by atoms with Crippen molar-refractivity contribution in [1.29, 1.82) is 0 Å². The predicted molar refractivity (Wildman–Crippen MR) is 135 cm³/mol. The lowest BCUT2D eigenvalue weighted by molar-refractivity contribution is 0.0779. The molecule has 4 heterocycles. The number of hydrogen-bond acceptors (Lipinski definition) is 5. The number of pyridine rings is 1. The first kappa shape index (κ1) is 23.2. The van der Waals surface area contributed by atoms with Crippen molar-refractivity contribution < 1.29 is 9.53 Å². The Morgan fingerprint density at radius 2 is 1.74 bits per heavy atom. The topological polar surface area (TPSA) is 48.9 Å². The highest BCUT2D eigenvalue weighted by atomic mass is 16.6. The number of amides is 1. The summed E-state index contributed by atoms with van der Waals surface area (Å²) in [6.07, 6.45) is 7.62. The van der Waals surface area contributed by atoms with Crippen LogP contribution in [-0.4, -0.2) is 66.8 Å². The minimum atomic E-state index is -0.147. The van der Waals surface area contributed by atoms with E-state index in [-0.39, 0.29) is 11.5 Å². The molecular formula is C28H38N4O2. The number of nitrogens with zero attached hydrogens (tertiary/aromatic N) is 4. The van der Waals surface area contributed by atoms with Crippen molar-refractivity contribution in [2.24, 2.45) is 5.92 Å². The second-order valence-electron chi connectivity index (χ2n) is 10.2. The average molecular weight is 463 g/mol. The van der Waals surface area contributed by atoms with E-state index in [0.717, 1.165) is 58.7 Å². The van der Waals surface area contributed by atoms with Crippen molar-refractivity contribution in [3.8, 4) is 0 Å². The molecule has 2 saturated heterocycles. The first-order valence-corrected chi connectivity index (χ1v) is 13.1. The van der Waals surface area contributed by atoms with Crippen LogP contribution in [0.4, 0.5) is 10.6 Å². The Morgan fingerprint density at radius 3 is 2.47 bits per heavy atom. The third kappa shape index (κ3) is 4.92. The minimum absolute atomic E-state index is 0.147. The van der Waals surface area contributed by atoms with E-state index in [9.17, 15) is 4.79 Å². The molecule has 1 amide bonds. The Balaban J connectivity index is 1.18. The number of ether oxygens (including phenoxy) is 1. The molecule has 0 bridgehead atoms. The number of benzene rings is 1. The summed E-state index contributed by atoms with van der Waals surface area (Å²) in [5.41, 5.74) is 3.07. The Morgan fingerprint density at radius 1 is 1.00 bits per heavy atom. The summed E-state index contributed by atoms with van der Waals surface area (Å²) in [7, 11) is 0. The molecule has 1 spiro atoms. The van der Waals surface area contributed by atoms with Crippen LogP contribution in [0.5, 0.6) is 0 Å². The lowest BCUT2D eigenvalue weighted by atomic mass is 9.68. The standard InChI is InChI=1S/C28H38N4O2/c1-2-34-27(33)31-16-10-24(11-17-31)21-30-18-12-28(13-19-30)14-20-32(22-23-7-4-3-5-8-23)26-25(28)9-6-15-29-26/h3-9,15,24H,2,10-14,16-22H2,1H3. The first-order chi connectivity index (χ1) is 16.7. The highest BCUT2D eigenvalue weighted by Gasteiger charge is 2.42. The quantitative estimate of drug-likeness (QED) is 0.645. The van der Waals surface area contributed by atoms with Gasteiger partial charge in [0.15, 0.2) is 0 Å². The number of piperidine rings is 2. The van der Waals surface area contributed by atoms with Crippen molar-refractivity contribution >= 4 is 11.9 Å². The lowest BCUT2D eigenvalue weighted by Gasteiger charge is -2.48. The molecule has 0 unspecified atom stereocenters. The summed E-state index contributed by atoms with van der Waals surface area (Å²) < 4.78 is 5.17. The van der Waals surface area contributed by atoms with E-state index in [1.165, 1.54) is 36.2 Å². The van der Waals surface area contributed by atoms with Gasteiger partial charge in [-0.15, -0.1) is 0 Å². The maximum absolute atomic E-state index is 12.0. The molecule has 2 aromatic rings. The van der Waals surface area contributed by atoms with E-state index in [4.69, 9.17) is 9.72 Å². The molecule has 0 N–H and O–H groups in total. The third-order valence-electron chi connectivity index (χ3n) is 8.20. The fraction of sp³-hybridized carbons (Fsp3) is 0.571. The summed E-state index contributed by atoms with van der Waals surface area (Å²) in [6.45, 7) is 9.47. The van der Waals surface area contributed by atoms with Crippen LogP contribution in [0.2, 0.25) is 0 Å². The van der Waals surface area contributed by atoms with Gasteiger partial charge >= 0.3 is 6.09 Å². The third-order valence-corrected chi connectivity index (χ3v) is 8.20. The van der Waals surface area contributed by atoms with Gasteiger partial charge in [-0.25, -0.2) is 9.78 Å². The van der Waals surface area contributed by atoms with Gasteiger partial charge in [-0.3, -0.25) is 0 Å². The van der Waals surface area contributed by atoms with Crippen molar-refractivity contribution in [2.45, 2.75) is 51.0 Å². The molecule has 0 radical (unpaired) electrons. The predicted octanol–water partition coefficient (Wildman–Crippen LogP) is 4.69. The van der Waals surface area contributed by atoms with Crippen LogP contribution in [0.1, 0.15) is 50.2 Å². The maximum Gasteiger partial charge on any atom is 0.409 e. The van der Waals surface area contributed by atoms with Crippen LogP contribution < -0.4 is 4.90 Å². The minimum Gasteiger partial charge on any atom is -0.450 e. The van der Waals surface area contributed by atoms with Gasteiger partial charge in [-0.05, 0) is 69.7 Å². The number of aromatic nitrogens is 1. The van der Waals surface area contributed by atoms with Gasteiger partial charge in [0.25, 0.3) is 0 Å². The molecule has 0 atom stereocenters. The Labute approximate surface area is 203 Å². The van der Waals surface area contributed by atoms with Crippen LogP contribution >= 0.6 is 0 Å². The van der Waals surface area contributed by atoms with Gasteiger partial charge < -0.3 is 19.4 Å². The normalized spacial score (nSPS) is 20.9. The number of carbonyl (C=O) groups excluding carboxylic acids is 1. The second kappa shape index (κ2) is 10.3. The summed E-state index contributed by atoms with van der Waals surface area (Å²) >= 11 is 0. The van der Waals surface area contributed by atoms with Gasteiger partial charge in [-0.2, -0.15) is 0 Å². The Hall–Kier alpha value is -2.60. The van der Waals surface area contributed by atoms with Gasteiger partial charge in [0.05, 0.1) is 6.61 Å². The number of likely N-dealkylation sites (tertiary alicyclic amines) is 2. The van der Waals surface area contributed by atoms with Crippen molar-refractivity contribution in [3.63, 3.8) is 0 Å². The van der Waals surface area contributed by atoms with Gasteiger partial charge in [0.2, 0.25) is 0 Å². The highest BCUT2D eigenvalue weighted by molar-refractivity contribution is 5.67. The molecule has 2 fully saturated rings. The molecular weight excluding hydrogens is 424 g/mol. The molecule has 1 aromatic carbocycles. The molecule has 0 aliphatic carbocycles. The van der Waals surface area contributed by atoms with Crippen LogP contribution in [0.15, 0.2) is 48.7 Å². The van der Waals surface area contributed by atoms with Crippen LogP contribution in [-0.2, 0) is 16.7 Å². The number of fused-ring (bicyclic) bond motifs is 2. The van der Waals surface area contributed by atoms with E-state index >= 15 is 0 Å². The van der Waals surface area contributed by atoms with Crippen molar-refractivity contribution in [3.05, 3.63) is 59.8 Å². The second-order valence-corrected chi connectivity index (χ2v) is 10.2. The zero-order chi connectivity index (χ0) is 23.4. The number of rotatable bonds is 5. The largest absolute Gasteiger partial charge is 0.450 e. The van der Waals surface area contributed by atoms with Gasteiger partial charge in [0, 0.05) is 49.9 Å². The molecule has 1 aromatic heterocycles. The summed E-state index contributed by atoms with van der Waals surface area (Å²) in [5.74, 6) is 1.87. The Bertz CT molecular complexity index is 950. The number of anilines is 1. The smallest absolute Gasteiger partial charge is 0.409 e. The molecule has 6 heteroatoms. The summed E-state index contributed by atoms with van der Waals surface area (Å²) in [5, 5.41) is 0. The van der Waals surface area contributed by atoms with E-state index in [2.05, 4.69) is 52.3 Å². The Kier molecular flexibility index (Phi) is 7.05. The summed E-state index contributed by atoms with van der Waals surface area (Å²) in [4.78, 5) is 23.9. The SMILES string of the molecule is CCOC(=O)N1CCC(CN2CCC3(CC2)CCN(Cc2ccccc2)c2ncccc23)CC1. The number of hydrogen-bond donors (Lipinski definition) is 0. The lowest BCUT2D eigenvalue weighted by Crippen LogP contribution is -2.49. The van der Waals surface area contributed by atoms with Gasteiger partial charge in [-0.1, -0.05) is 36.4 Å². The molecule has 182 valence electrons. The number of carbonyl (C=O) groups is 1. The van der Waals surface area contributed by atoms with Crippen LogP contribution in [0, 0.1) is 5.92 Å². The molecule has 5 rings (SSSR count). The molecule has 34 heavy (non-hydrogen) atoms. The zero-order valence-corrected chi connectivity index (χ0v) is 20.5. The van der Waals surface area contributed by atoms with E-state index in [1.807, 2.05) is 18.0 Å². The highest BCUT2D eigenvalue weighted by Crippen LogP contribution is 2.46. The van der Waals surface area contributed by atoms with Gasteiger partial charge in [0.1, 0.15) is 5.82 Å². The van der Waals surface area contributed by atoms with E-state index in [0.29, 0.717) is 12.5 Å². The fourth-order valence-corrected chi connectivity index (χ4v) is 6.17. The van der Waals surface area contributed by atoms with E-state index in [1.54, 1.807) is 0 Å². The molecule has 3 aliphatic heterocycles.